The van der Waals surface area contributed by atoms with Crippen LogP contribution in [0.5, 0.6) is 0 Å². The number of thioether (sulfide) groups is 1. The molecule has 0 aliphatic carbocycles. The zero-order chi connectivity index (χ0) is 15.2. The molecule has 2 N–H and O–H groups in total. The van der Waals surface area contributed by atoms with Gasteiger partial charge in [-0.2, -0.15) is 8.78 Å². The number of alkyl halides is 2. The zero-order valence-corrected chi connectivity index (χ0v) is 12.8. The van der Waals surface area contributed by atoms with Gasteiger partial charge in [0.05, 0.1) is 17.9 Å². The van der Waals surface area contributed by atoms with Crippen molar-refractivity contribution in [2.75, 3.05) is 27.2 Å². The Labute approximate surface area is 122 Å². The lowest BCUT2D eigenvalue weighted by Gasteiger charge is -2.27. The monoisotopic (exact) mass is 308 g/mol. The minimum atomic E-state index is -2.39. The Morgan fingerprint density at radius 3 is 2.65 bits per heavy atom. The van der Waals surface area contributed by atoms with E-state index in [4.69, 9.17) is 4.42 Å². The molecule has 1 aromatic rings. The van der Waals surface area contributed by atoms with Gasteiger partial charge in [0, 0.05) is 13.1 Å². The summed E-state index contributed by atoms with van der Waals surface area (Å²) in [4.78, 5) is 1.91. The van der Waals surface area contributed by atoms with E-state index in [-0.39, 0.29) is 5.75 Å². The van der Waals surface area contributed by atoms with E-state index in [1.165, 1.54) is 0 Å². The van der Waals surface area contributed by atoms with Crippen LogP contribution < -0.4 is 5.32 Å². The van der Waals surface area contributed by atoms with Crippen LogP contribution in [0.15, 0.2) is 16.5 Å². The summed E-state index contributed by atoms with van der Waals surface area (Å²) in [5.74, 6) is -1.01. The molecule has 20 heavy (non-hydrogen) atoms. The van der Waals surface area contributed by atoms with E-state index >= 15 is 0 Å². The number of nitrogens with zero attached hydrogens (tertiary/aromatic N) is 1. The van der Waals surface area contributed by atoms with Crippen molar-refractivity contribution in [1.82, 2.24) is 10.2 Å². The largest absolute Gasteiger partial charge is 0.464 e. The Balaban J connectivity index is 2.32. The Bertz CT molecular complexity index is 397. The van der Waals surface area contributed by atoms with E-state index in [1.807, 2.05) is 19.0 Å². The fourth-order valence-corrected chi connectivity index (χ4v) is 2.38. The first kappa shape index (κ1) is 17.4. The number of nitrogens with one attached hydrogen (secondary N) is 1. The fourth-order valence-electron chi connectivity index (χ4n) is 1.93. The maximum Gasteiger partial charge on any atom is 0.284 e. The molecule has 1 heterocycles. The topological polar surface area (TPSA) is 48.6 Å². The van der Waals surface area contributed by atoms with Crippen LogP contribution in [-0.2, 0) is 12.3 Å². The van der Waals surface area contributed by atoms with Crippen molar-refractivity contribution in [3.05, 3.63) is 23.7 Å². The highest BCUT2D eigenvalue weighted by molar-refractivity contribution is 7.98. The lowest BCUT2D eigenvalue weighted by molar-refractivity contribution is 0.0332. The van der Waals surface area contributed by atoms with Gasteiger partial charge in [-0.15, -0.1) is 0 Å². The second kappa shape index (κ2) is 7.97. The minimum Gasteiger partial charge on any atom is -0.464 e. The number of furan rings is 1. The van der Waals surface area contributed by atoms with E-state index in [1.54, 1.807) is 19.1 Å². The molecule has 4 nitrogen and oxygen atoms in total. The predicted molar refractivity (Wildman–Crippen MR) is 76.9 cm³/mol. The molecule has 0 radical (unpaired) electrons. The summed E-state index contributed by atoms with van der Waals surface area (Å²) < 4.78 is 29.5. The third kappa shape index (κ3) is 7.23. The first-order valence-corrected chi connectivity index (χ1v) is 7.38. The van der Waals surface area contributed by atoms with Gasteiger partial charge in [-0.1, -0.05) is 11.8 Å². The van der Waals surface area contributed by atoms with Gasteiger partial charge >= 0.3 is 0 Å². The highest BCUT2D eigenvalue weighted by Gasteiger charge is 2.20. The summed E-state index contributed by atoms with van der Waals surface area (Å²) in [7, 11) is 3.79. The van der Waals surface area contributed by atoms with Crippen LogP contribution in [0.25, 0.3) is 0 Å². The molecule has 0 saturated heterocycles. The standard InChI is InChI=1S/C13H22F2N2O2S/c1-13(18,9-17(2)3)8-16-6-10-4-5-11(19-10)7-20-12(14)15/h4-5,12,16,18H,6-9H2,1-3H3. The molecule has 1 unspecified atom stereocenters. The Hall–Kier alpha value is -0.630. The molecular weight excluding hydrogens is 286 g/mol. The lowest BCUT2D eigenvalue weighted by atomic mass is 10.1. The van der Waals surface area contributed by atoms with Gasteiger partial charge in [-0.05, 0) is 33.2 Å². The van der Waals surface area contributed by atoms with Gasteiger partial charge < -0.3 is 19.7 Å². The first-order valence-electron chi connectivity index (χ1n) is 6.34. The number of rotatable bonds is 9. The maximum atomic E-state index is 12.0. The second-order valence-corrected chi connectivity index (χ2v) is 6.26. The number of hydrogen-bond acceptors (Lipinski definition) is 5. The molecule has 0 saturated carbocycles. The van der Waals surface area contributed by atoms with Gasteiger partial charge in [0.15, 0.2) is 0 Å². The molecule has 0 bridgehead atoms. The molecule has 116 valence electrons. The van der Waals surface area contributed by atoms with Crippen molar-refractivity contribution in [1.29, 1.82) is 0 Å². The average molecular weight is 308 g/mol. The summed E-state index contributed by atoms with van der Waals surface area (Å²) in [5.41, 5.74) is -0.829. The van der Waals surface area contributed by atoms with E-state index in [9.17, 15) is 13.9 Å². The summed E-state index contributed by atoms with van der Waals surface area (Å²) in [6.07, 6.45) is 0. The van der Waals surface area contributed by atoms with Crippen molar-refractivity contribution in [3.8, 4) is 0 Å². The summed E-state index contributed by atoms with van der Waals surface area (Å²) >= 11 is 0.540. The van der Waals surface area contributed by atoms with Crippen LogP contribution in [0.3, 0.4) is 0 Å². The first-order chi connectivity index (χ1) is 9.28. The van der Waals surface area contributed by atoms with Crippen molar-refractivity contribution < 1.29 is 18.3 Å². The van der Waals surface area contributed by atoms with Crippen LogP contribution in [0.4, 0.5) is 8.78 Å². The van der Waals surface area contributed by atoms with Gasteiger partial charge in [0.25, 0.3) is 5.76 Å². The van der Waals surface area contributed by atoms with E-state index in [0.717, 1.165) is 0 Å². The summed E-state index contributed by atoms with van der Waals surface area (Å²) in [5, 5.41) is 13.2. The molecule has 0 aliphatic heterocycles. The molecule has 7 heteroatoms. The van der Waals surface area contributed by atoms with E-state index in [2.05, 4.69) is 5.32 Å². The van der Waals surface area contributed by atoms with Crippen LogP contribution in [0.1, 0.15) is 18.4 Å². The third-order valence-electron chi connectivity index (χ3n) is 2.53. The molecule has 0 spiro atoms. The number of aliphatic hydroxyl groups is 1. The van der Waals surface area contributed by atoms with Gasteiger partial charge in [-0.25, -0.2) is 0 Å². The van der Waals surface area contributed by atoms with Crippen molar-refractivity contribution in [3.63, 3.8) is 0 Å². The smallest absolute Gasteiger partial charge is 0.284 e. The van der Waals surface area contributed by atoms with Crippen LogP contribution in [-0.4, -0.2) is 48.5 Å². The molecule has 0 aromatic carbocycles. The molecule has 1 aromatic heterocycles. The van der Waals surface area contributed by atoms with Crippen LogP contribution in [0.2, 0.25) is 0 Å². The third-order valence-corrected chi connectivity index (χ3v) is 3.23. The predicted octanol–water partition coefficient (Wildman–Crippen LogP) is 2.14. The van der Waals surface area contributed by atoms with Gasteiger partial charge in [0.2, 0.25) is 0 Å². The molecule has 0 fully saturated rings. The molecule has 1 atom stereocenters. The van der Waals surface area contributed by atoms with Crippen molar-refractivity contribution in [2.45, 2.75) is 30.6 Å². The van der Waals surface area contributed by atoms with Gasteiger partial charge in [-0.3, -0.25) is 0 Å². The second-order valence-electron chi connectivity index (χ2n) is 5.28. The van der Waals surface area contributed by atoms with E-state index in [0.29, 0.717) is 42.9 Å². The highest BCUT2D eigenvalue weighted by atomic mass is 32.2. The number of hydrogen-bond donors (Lipinski definition) is 2. The summed E-state index contributed by atoms with van der Waals surface area (Å²) in [6.45, 7) is 3.19. The normalized spacial score (nSPS) is 15.0. The number of halogens is 2. The average Bonchev–Trinajstić information content (AvgIpc) is 2.72. The highest BCUT2D eigenvalue weighted by Crippen LogP contribution is 2.21. The van der Waals surface area contributed by atoms with Gasteiger partial charge in [0.1, 0.15) is 11.5 Å². The minimum absolute atomic E-state index is 0.163. The molecule has 0 amide bonds. The molecule has 0 aliphatic rings. The Morgan fingerprint density at radius 1 is 1.40 bits per heavy atom. The van der Waals surface area contributed by atoms with Crippen molar-refractivity contribution >= 4 is 11.8 Å². The van der Waals surface area contributed by atoms with E-state index < -0.39 is 11.4 Å². The van der Waals surface area contributed by atoms with Crippen molar-refractivity contribution in [2.24, 2.45) is 0 Å². The Morgan fingerprint density at radius 2 is 2.05 bits per heavy atom. The maximum absolute atomic E-state index is 12.0. The number of likely N-dealkylation sites (N-methyl/N-ethyl adjacent to an activating group) is 1. The Kier molecular flexibility index (Phi) is 6.94. The lowest BCUT2D eigenvalue weighted by Crippen LogP contribution is -2.45. The molecule has 1 rings (SSSR count). The van der Waals surface area contributed by atoms with Crippen LogP contribution in [0, 0.1) is 0 Å². The fraction of sp³-hybridized carbons (Fsp3) is 0.692. The molecular formula is C13H22F2N2O2S. The summed E-state index contributed by atoms with van der Waals surface area (Å²) in [6, 6.07) is 3.46. The van der Waals surface area contributed by atoms with Crippen LogP contribution >= 0.6 is 11.8 Å². The SMILES string of the molecule is CN(C)CC(C)(O)CNCc1ccc(CSC(F)F)o1. The quantitative estimate of drug-likeness (QED) is 0.732. The zero-order valence-electron chi connectivity index (χ0n) is 12.0.